The molecule has 1 aliphatic rings. The number of carbonyl (C=O) groups is 1. The van der Waals surface area contributed by atoms with Gasteiger partial charge in [-0.1, -0.05) is 31.4 Å². The predicted octanol–water partition coefficient (Wildman–Crippen LogP) is 3.60. The zero-order chi connectivity index (χ0) is 15.1. The average molecular weight is 280 g/mol. The number of nitrogens with zero attached hydrogens (tertiary/aromatic N) is 2. The van der Waals surface area contributed by atoms with Crippen molar-refractivity contribution in [1.29, 1.82) is 10.5 Å². The Balaban J connectivity index is 2.08. The Morgan fingerprint density at radius 2 is 1.90 bits per heavy atom. The Bertz CT molecular complexity index is 613. The molecule has 0 heterocycles. The molecule has 0 aromatic heterocycles. The maximum absolute atomic E-state index is 12.1. The number of hydrogen-bond donors (Lipinski definition) is 0. The summed E-state index contributed by atoms with van der Waals surface area (Å²) in [4.78, 5) is 12.1. The molecular weight excluding hydrogens is 264 g/mol. The zero-order valence-electron chi connectivity index (χ0n) is 11.7. The molecule has 106 valence electrons. The van der Waals surface area contributed by atoms with E-state index in [1.807, 2.05) is 0 Å². The highest BCUT2D eigenvalue weighted by Crippen LogP contribution is 2.26. The monoisotopic (exact) mass is 280 g/mol. The standard InChI is InChI=1S/C17H16N2O2/c18-11-14(12-19)9-13-5-4-8-16(10-13)21-17(20)15-6-2-1-3-7-15/h4-5,8-10,15H,1-3,6-7H2. The number of nitriles is 2. The van der Waals surface area contributed by atoms with E-state index in [1.54, 1.807) is 36.4 Å². The van der Waals surface area contributed by atoms with Crippen LogP contribution in [0.1, 0.15) is 37.7 Å². The number of benzene rings is 1. The normalized spacial score (nSPS) is 14.6. The first-order valence-electron chi connectivity index (χ1n) is 7.06. The Kier molecular flexibility index (Phi) is 5.12. The molecule has 0 saturated heterocycles. The van der Waals surface area contributed by atoms with Crippen molar-refractivity contribution < 1.29 is 9.53 Å². The number of hydrogen-bond acceptors (Lipinski definition) is 4. The van der Waals surface area contributed by atoms with Gasteiger partial charge in [0.25, 0.3) is 0 Å². The minimum absolute atomic E-state index is 0.00766. The summed E-state index contributed by atoms with van der Waals surface area (Å²) in [5.74, 6) is 0.262. The van der Waals surface area contributed by atoms with Gasteiger partial charge < -0.3 is 4.74 Å². The van der Waals surface area contributed by atoms with Crippen molar-refractivity contribution in [2.24, 2.45) is 5.92 Å². The Hall–Kier alpha value is -2.59. The lowest BCUT2D eigenvalue weighted by molar-refractivity contribution is -0.139. The molecule has 0 spiro atoms. The van der Waals surface area contributed by atoms with Crippen LogP contribution < -0.4 is 4.74 Å². The summed E-state index contributed by atoms with van der Waals surface area (Å²) in [7, 11) is 0. The van der Waals surface area contributed by atoms with Gasteiger partial charge in [0.05, 0.1) is 5.92 Å². The van der Waals surface area contributed by atoms with Gasteiger partial charge in [0.2, 0.25) is 0 Å². The summed E-state index contributed by atoms with van der Waals surface area (Å²) in [5, 5.41) is 17.5. The van der Waals surface area contributed by atoms with Gasteiger partial charge >= 0.3 is 5.97 Å². The molecule has 1 fully saturated rings. The quantitative estimate of drug-likeness (QED) is 0.481. The van der Waals surface area contributed by atoms with Gasteiger partial charge in [-0.3, -0.25) is 4.79 Å². The van der Waals surface area contributed by atoms with Gasteiger partial charge in [-0.15, -0.1) is 0 Å². The van der Waals surface area contributed by atoms with Crippen molar-refractivity contribution in [2.45, 2.75) is 32.1 Å². The topological polar surface area (TPSA) is 73.9 Å². The fourth-order valence-electron chi connectivity index (χ4n) is 2.46. The smallest absolute Gasteiger partial charge is 0.314 e. The molecule has 1 saturated carbocycles. The lowest BCUT2D eigenvalue weighted by Gasteiger charge is -2.19. The van der Waals surface area contributed by atoms with Crippen LogP contribution >= 0.6 is 0 Å². The van der Waals surface area contributed by atoms with E-state index in [0.29, 0.717) is 11.3 Å². The molecule has 0 radical (unpaired) electrons. The van der Waals surface area contributed by atoms with Gasteiger partial charge in [0.15, 0.2) is 0 Å². The molecule has 1 aromatic rings. The first kappa shape index (κ1) is 14.8. The number of esters is 1. The molecule has 2 rings (SSSR count). The van der Waals surface area contributed by atoms with Crippen molar-refractivity contribution in [3.63, 3.8) is 0 Å². The van der Waals surface area contributed by atoms with Crippen molar-refractivity contribution in [1.82, 2.24) is 0 Å². The summed E-state index contributed by atoms with van der Waals surface area (Å²) >= 11 is 0. The molecule has 1 aromatic carbocycles. The molecule has 0 bridgehead atoms. The van der Waals surface area contributed by atoms with E-state index >= 15 is 0 Å². The third kappa shape index (κ3) is 4.19. The van der Waals surface area contributed by atoms with Gasteiger partial charge in [0, 0.05) is 0 Å². The van der Waals surface area contributed by atoms with Crippen molar-refractivity contribution >= 4 is 12.0 Å². The van der Waals surface area contributed by atoms with Crippen LogP contribution in [0.3, 0.4) is 0 Å². The van der Waals surface area contributed by atoms with Crippen LogP contribution in [0.25, 0.3) is 6.08 Å². The SMILES string of the molecule is N#CC(C#N)=Cc1cccc(OC(=O)C2CCCCC2)c1. The molecular formula is C17H16N2O2. The maximum Gasteiger partial charge on any atom is 0.314 e. The summed E-state index contributed by atoms with van der Waals surface area (Å²) in [6.07, 6.45) is 6.61. The minimum atomic E-state index is -0.184. The maximum atomic E-state index is 12.1. The van der Waals surface area contributed by atoms with Crippen LogP contribution in [0.15, 0.2) is 29.8 Å². The predicted molar refractivity (Wildman–Crippen MR) is 77.9 cm³/mol. The first-order chi connectivity index (χ1) is 10.2. The second kappa shape index (κ2) is 7.26. The van der Waals surface area contributed by atoms with Crippen LogP contribution in [0, 0.1) is 28.6 Å². The molecule has 0 unspecified atom stereocenters. The second-order valence-corrected chi connectivity index (χ2v) is 5.11. The highest BCUT2D eigenvalue weighted by molar-refractivity contribution is 5.75. The number of carbonyl (C=O) groups excluding carboxylic acids is 1. The van der Waals surface area contributed by atoms with Crippen molar-refractivity contribution in [2.75, 3.05) is 0 Å². The second-order valence-electron chi connectivity index (χ2n) is 5.11. The van der Waals surface area contributed by atoms with E-state index in [1.165, 1.54) is 12.5 Å². The van der Waals surface area contributed by atoms with Crippen LogP contribution in [-0.4, -0.2) is 5.97 Å². The fourth-order valence-corrected chi connectivity index (χ4v) is 2.46. The Morgan fingerprint density at radius 3 is 2.57 bits per heavy atom. The third-order valence-corrected chi connectivity index (χ3v) is 3.57. The summed E-state index contributed by atoms with van der Waals surface area (Å²) in [5.41, 5.74) is 0.688. The van der Waals surface area contributed by atoms with E-state index in [-0.39, 0.29) is 17.5 Å². The van der Waals surface area contributed by atoms with Crippen LogP contribution in [-0.2, 0) is 4.79 Å². The number of allylic oxidation sites excluding steroid dienone is 1. The van der Waals surface area contributed by atoms with Gasteiger partial charge in [-0.2, -0.15) is 10.5 Å². The Morgan fingerprint density at radius 1 is 1.19 bits per heavy atom. The summed E-state index contributed by atoms with van der Waals surface area (Å²) < 4.78 is 5.41. The highest BCUT2D eigenvalue weighted by atomic mass is 16.5. The van der Waals surface area contributed by atoms with Gasteiger partial charge in [-0.25, -0.2) is 0 Å². The zero-order valence-corrected chi connectivity index (χ0v) is 11.7. The molecule has 1 aliphatic carbocycles. The van der Waals surface area contributed by atoms with E-state index in [4.69, 9.17) is 15.3 Å². The highest BCUT2D eigenvalue weighted by Gasteiger charge is 2.22. The fraction of sp³-hybridized carbons (Fsp3) is 0.353. The molecule has 0 amide bonds. The van der Waals surface area contributed by atoms with Gasteiger partial charge in [-0.05, 0) is 36.6 Å². The molecule has 21 heavy (non-hydrogen) atoms. The number of rotatable bonds is 3. The third-order valence-electron chi connectivity index (χ3n) is 3.57. The lowest BCUT2D eigenvalue weighted by atomic mass is 9.89. The van der Waals surface area contributed by atoms with E-state index in [2.05, 4.69) is 0 Å². The van der Waals surface area contributed by atoms with Gasteiger partial charge in [0.1, 0.15) is 23.5 Å². The van der Waals surface area contributed by atoms with Crippen molar-refractivity contribution in [3.8, 4) is 17.9 Å². The molecule has 4 heteroatoms. The molecule has 0 atom stereocenters. The average Bonchev–Trinajstić information content (AvgIpc) is 2.53. The molecule has 0 aliphatic heterocycles. The minimum Gasteiger partial charge on any atom is -0.426 e. The molecule has 0 N–H and O–H groups in total. The number of ether oxygens (including phenoxy) is 1. The van der Waals surface area contributed by atoms with Crippen LogP contribution in [0.2, 0.25) is 0 Å². The largest absolute Gasteiger partial charge is 0.426 e. The summed E-state index contributed by atoms with van der Waals surface area (Å²) in [6.45, 7) is 0. The first-order valence-corrected chi connectivity index (χ1v) is 7.06. The van der Waals surface area contributed by atoms with E-state index in [9.17, 15) is 4.79 Å². The van der Waals surface area contributed by atoms with Crippen LogP contribution in [0.5, 0.6) is 5.75 Å². The van der Waals surface area contributed by atoms with E-state index < -0.39 is 0 Å². The summed E-state index contributed by atoms with van der Waals surface area (Å²) in [6, 6.07) is 10.5. The lowest BCUT2D eigenvalue weighted by Crippen LogP contribution is -2.22. The molecule has 4 nitrogen and oxygen atoms in total. The Labute approximate surface area is 124 Å². The van der Waals surface area contributed by atoms with Crippen LogP contribution in [0.4, 0.5) is 0 Å². The van der Waals surface area contributed by atoms with E-state index in [0.717, 1.165) is 25.7 Å². The van der Waals surface area contributed by atoms with Crippen molar-refractivity contribution in [3.05, 3.63) is 35.4 Å².